The standard InChI is InChI=1S/C18H21N3O3S/c1-24-18(23)12-6-7-16-13(8-12)10-19-21(16)11-17(22)20-14-4-3-5-15(9-14)25-2/h3-5,9-10,12H,6-8,11H2,1-2H3,(H,20,22)/t12-/m0/s1. The van der Waals surface area contributed by atoms with E-state index in [9.17, 15) is 9.59 Å². The second-order valence-electron chi connectivity index (χ2n) is 6.02. The van der Waals surface area contributed by atoms with Gasteiger partial charge in [0.2, 0.25) is 5.91 Å². The second-order valence-corrected chi connectivity index (χ2v) is 6.90. The normalized spacial score (nSPS) is 16.2. The van der Waals surface area contributed by atoms with Gasteiger partial charge in [0.15, 0.2) is 0 Å². The third-order valence-corrected chi connectivity index (χ3v) is 5.14. The maximum absolute atomic E-state index is 12.3. The van der Waals surface area contributed by atoms with Crippen LogP contribution in [0.2, 0.25) is 0 Å². The smallest absolute Gasteiger partial charge is 0.309 e. The molecule has 1 amide bonds. The van der Waals surface area contributed by atoms with Crippen LogP contribution in [0.5, 0.6) is 0 Å². The first-order valence-electron chi connectivity index (χ1n) is 8.16. The quantitative estimate of drug-likeness (QED) is 0.656. The average Bonchev–Trinajstić information content (AvgIpc) is 3.03. The predicted octanol–water partition coefficient (Wildman–Crippen LogP) is 2.52. The van der Waals surface area contributed by atoms with E-state index in [1.165, 1.54) is 7.11 Å². The highest BCUT2D eigenvalue weighted by atomic mass is 32.2. The molecule has 1 aromatic heterocycles. The third kappa shape index (κ3) is 4.04. The van der Waals surface area contributed by atoms with E-state index in [0.717, 1.165) is 34.7 Å². The number of methoxy groups -OCH3 is 1. The molecule has 0 spiro atoms. The monoisotopic (exact) mass is 359 g/mol. The van der Waals surface area contributed by atoms with Crippen LogP contribution in [-0.2, 0) is 33.7 Å². The minimum absolute atomic E-state index is 0.112. The van der Waals surface area contributed by atoms with Gasteiger partial charge in [-0.2, -0.15) is 5.10 Å². The fourth-order valence-corrected chi connectivity index (χ4v) is 3.59. The molecule has 0 fully saturated rings. The molecule has 1 aliphatic rings. The number of thioether (sulfide) groups is 1. The number of nitrogens with one attached hydrogen (secondary N) is 1. The van der Waals surface area contributed by atoms with Gasteiger partial charge in [0, 0.05) is 16.3 Å². The molecule has 132 valence electrons. The van der Waals surface area contributed by atoms with Crippen LogP contribution in [0.15, 0.2) is 35.4 Å². The Kier molecular flexibility index (Phi) is 5.43. The van der Waals surface area contributed by atoms with Crippen molar-refractivity contribution in [3.8, 4) is 0 Å². The van der Waals surface area contributed by atoms with E-state index in [1.807, 2.05) is 30.5 Å². The maximum Gasteiger partial charge on any atom is 0.309 e. The van der Waals surface area contributed by atoms with Gasteiger partial charge in [0.1, 0.15) is 6.54 Å². The van der Waals surface area contributed by atoms with Crippen molar-refractivity contribution in [2.24, 2.45) is 5.92 Å². The molecular weight excluding hydrogens is 338 g/mol. The highest BCUT2D eigenvalue weighted by molar-refractivity contribution is 7.98. The summed E-state index contributed by atoms with van der Waals surface area (Å²) in [4.78, 5) is 25.1. The highest BCUT2D eigenvalue weighted by Crippen LogP contribution is 2.26. The summed E-state index contributed by atoms with van der Waals surface area (Å²) in [5, 5.41) is 7.24. The van der Waals surface area contributed by atoms with Gasteiger partial charge in [0.25, 0.3) is 0 Å². The molecule has 2 aromatic rings. The number of ether oxygens (including phenoxy) is 1. The molecule has 0 bridgehead atoms. The predicted molar refractivity (Wildman–Crippen MR) is 96.6 cm³/mol. The zero-order valence-electron chi connectivity index (χ0n) is 14.3. The van der Waals surface area contributed by atoms with Crippen LogP contribution in [-0.4, -0.2) is 35.0 Å². The first kappa shape index (κ1) is 17.5. The highest BCUT2D eigenvalue weighted by Gasteiger charge is 2.28. The topological polar surface area (TPSA) is 73.2 Å². The minimum Gasteiger partial charge on any atom is -0.469 e. The van der Waals surface area contributed by atoms with Crippen molar-refractivity contribution in [2.75, 3.05) is 18.7 Å². The number of rotatable bonds is 5. The Hall–Kier alpha value is -2.28. The van der Waals surface area contributed by atoms with E-state index in [2.05, 4.69) is 10.4 Å². The molecule has 0 radical (unpaired) electrons. The molecule has 0 saturated heterocycles. The van der Waals surface area contributed by atoms with E-state index in [1.54, 1.807) is 22.6 Å². The Morgan fingerprint density at radius 2 is 2.28 bits per heavy atom. The summed E-state index contributed by atoms with van der Waals surface area (Å²) in [5.74, 6) is -0.401. The van der Waals surface area contributed by atoms with Gasteiger partial charge in [0.05, 0.1) is 19.2 Å². The fourth-order valence-electron chi connectivity index (χ4n) is 3.13. The molecule has 1 heterocycles. The van der Waals surface area contributed by atoms with E-state index < -0.39 is 0 Å². The van der Waals surface area contributed by atoms with Crippen molar-refractivity contribution in [2.45, 2.75) is 30.7 Å². The average molecular weight is 359 g/mol. The number of esters is 1. The van der Waals surface area contributed by atoms with Gasteiger partial charge < -0.3 is 10.1 Å². The van der Waals surface area contributed by atoms with Crippen LogP contribution in [0, 0.1) is 5.92 Å². The summed E-state index contributed by atoms with van der Waals surface area (Å²) in [6.45, 7) is 0.168. The molecule has 1 aliphatic carbocycles. The lowest BCUT2D eigenvalue weighted by Gasteiger charge is -2.20. The van der Waals surface area contributed by atoms with Crippen LogP contribution in [0.4, 0.5) is 5.69 Å². The summed E-state index contributed by atoms with van der Waals surface area (Å²) < 4.78 is 6.56. The molecule has 25 heavy (non-hydrogen) atoms. The lowest BCUT2D eigenvalue weighted by molar-refractivity contribution is -0.145. The molecule has 6 nitrogen and oxygen atoms in total. The lowest BCUT2D eigenvalue weighted by Crippen LogP contribution is -2.26. The molecule has 1 aromatic carbocycles. The van der Waals surface area contributed by atoms with Gasteiger partial charge in [-0.1, -0.05) is 6.07 Å². The van der Waals surface area contributed by atoms with Crippen molar-refractivity contribution in [3.63, 3.8) is 0 Å². The number of aromatic nitrogens is 2. The van der Waals surface area contributed by atoms with Gasteiger partial charge in [-0.25, -0.2) is 0 Å². The van der Waals surface area contributed by atoms with Crippen molar-refractivity contribution in [3.05, 3.63) is 41.7 Å². The van der Waals surface area contributed by atoms with Crippen LogP contribution in [0.3, 0.4) is 0 Å². The van der Waals surface area contributed by atoms with Crippen molar-refractivity contribution in [1.29, 1.82) is 0 Å². The van der Waals surface area contributed by atoms with E-state index in [0.29, 0.717) is 6.42 Å². The molecule has 7 heteroatoms. The number of carbonyl (C=O) groups is 2. The van der Waals surface area contributed by atoms with E-state index in [4.69, 9.17) is 4.74 Å². The summed E-state index contributed by atoms with van der Waals surface area (Å²) in [6, 6.07) is 7.74. The number of amides is 1. The Balaban J connectivity index is 1.65. The number of fused-ring (bicyclic) bond motifs is 1. The third-order valence-electron chi connectivity index (χ3n) is 4.41. The Bertz CT molecular complexity index is 788. The second kappa shape index (κ2) is 7.74. The van der Waals surface area contributed by atoms with Gasteiger partial charge in [-0.05, 0) is 49.3 Å². The summed E-state index contributed by atoms with van der Waals surface area (Å²) >= 11 is 1.63. The van der Waals surface area contributed by atoms with E-state index >= 15 is 0 Å². The molecule has 1 N–H and O–H groups in total. The van der Waals surface area contributed by atoms with Crippen LogP contribution < -0.4 is 5.32 Å². The zero-order valence-corrected chi connectivity index (χ0v) is 15.1. The molecule has 1 atom stereocenters. The van der Waals surface area contributed by atoms with Crippen LogP contribution in [0.25, 0.3) is 0 Å². The number of nitrogens with zero attached hydrogens (tertiary/aromatic N) is 2. The van der Waals surface area contributed by atoms with Gasteiger partial charge in [-0.15, -0.1) is 11.8 Å². The van der Waals surface area contributed by atoms with Gasteiger partial charge >= 0.3 is 5.97 Å². The molecule has 0 unspecified atom stereocenters. The largest absolute Gasteiger partial charge is 0.469 e. The molecule has 0 saturated carbocycles. The van der Waals surface area contributed by atoms with Crippen LogP contribution >= 0.6 is 11.8 Å². The molecular formula is C18H21N3O3S. The van der Waals surface area contributed by atoms with Crippen molar-refractivity contribution in [1.82, 2.24) is 9.78 Å². The van der Waals surface area contributed by atoms with Crippen molar-refractivity contribution < 1.29 is 14.3 Å². The SMILES string of the molecule is COC(=O)[C@H]1CCc2c(cnn2CC(=O)Nc2cccc(SC)c2)C1. The summed E-state index contributed by atoms with van der Waals surface area (Å²) in [5.41, 5.74) is 2.84. The summed E-state index contributed by atoms with van der Waals surface area (Å²) in [7, 11) is 1.41. The Morgan fingerprint density at radius 3 is 3.04 bits per heavy atom. The summed E-state index contributed by atoms with van der Waals surface area (Å²) in [6.07, 6.45) is 5.83. The number of hydrogen-bond donors (Lipinski definition) is 1. The van der Waals surface area contributed by atoms with Crippen LogP contribution in [0.1, 0.15) is 17.7 Å². The minimum atomic E-state index is -0.176. The Labute approximate surface area is 150 Å². The molecule has 0 aliphatic heterocycles. The first-order chi connectivity index (χ1) is 12.1. The van der Waals surface area contributed by atoms with Crippen molar-refractivity contribution >= 4 is 29.3 Å². The Morgan fingerprint density at radius 1 is 1.44 bits per heavy atom. The first-order valence-corrected chi connectivity index (χ1v) is 9.38. The number of benzene rings is 1. The van der Waals surface area contributed by atoms with Gasteiger partial charge in [-0.3, -0.25) is 14.3 Å². The molecule has 3 rings (SSSR count). The number of hydrogen-bond acceptors (Lipinski definition) is 5. The fraction of sp³-hybridized carbons (Fsp3) is 0.389. The van der Waals surface area contributed by atoms with E-state index in [-0.39, 0.29) is 24.3 Å². The lowest BCUT2D eigenvalue weighted by atomic mass is 9.88. The number of anilines is 1. The number of carbonyl (C=O) groups excluding carboxylic acids is 2. The zero-order chi connectivity index (χ0) is 17.8. The maximum atomic E-state index is 12.3.